The molecule has 0 aliphatic carbocycles. The summed E-state index contributed by atoms with van der Waals surface area (Å²) in [5, 5.41) is 0. The van der Waals surface area contributed by atoms with Crippen molar-refractivity contribution in [3.63, 3.8) is 0 Å². The summed E-state index contributed by atoms with van der Waals surface area (Å²) < 4.78 is 0. The van der Waals surface area contributed by atoms with Gasteiger partial charge in [0.2, 0.25) is 0 Å². The Morgan fingerprint density at radius 2 is 1.30 bits per heavy atom. The van der Waals surface area contributed by atoms with E-state index in [-0.39, 0.29) is 30.8 Å². The van der Waals surface area contributed by atoms with Crippen molar-refractivity contribution in [2.45, 2.75) is 12.8 Å². The van der Waals surface area contributed by atoms with Crippen LogP contribution in [0.25, 0.3) is 0 Å². The Kier molecular flexibility index (Phi) is 24.3. The normalized spacial score (nSPS) is 10.3. The average molecular weight is 563 g/mol. The summed E-state index contributed by atoms with van der Waals surface area (Å²) in [6.45, 7) is 7.50. The molecule has 0 aliphatic heterocycles. The van der Waals surface area contributed by atoms with E-state index in [2.05, 4.69) is 21.3 Å². The Labute approximate surface area is 238 Å². The first-order chi connectivity index (χ1) is 17.9. The van der Waals surface area contributed by atoms with Crippen LogP contribution in [0.1, 0.15) is 12.8 Å². The van der Waals surface area contributed by atoms with E-state index in [1.54, 1.807) is 51.2 Å². The van der Waals surface area contributed by atoms with Gasteiger partial charge in [0, 0.05) is 0 Å². The Hall–Kier alpha value is -1.21. The molecule has 0 aliphatic rings. The summed E-state index contributed by atoms with van der Waals surface area (Å²) in [5.41, 5.74) is 0. The number of amides is 3. The fraction of sp³-hybridized carbons (Fsp3) is 0.773. The number of thioether (sulfide) groups is 3. The quantitative estimate of drug-likeness (QED) is 0.0945. The van der Waals surface area contributed by atoms with E-state index < -0.39 is 0 Å². The molecular formula is C22H38B3N6O3S3. The molecule has 3 radical (unpaired) electrons. The second kappa shape index (κ2) is 25.1. The number of hydrogen-bond donors (Lipinski definition) is 0. The van der Waals surface area contributed by atoms with Gasteiger partial charge in [-0.15, -0.1) is 0 Å². The van der Waals surface area contributed by atoms with E-state index in [9.17, 15) is 14.4 Å². The monoisotopic (exact) mass is 563 g/mol. The van der Waals surface area contributed by atoms with Crippen molar-refractivity contribution < 1.29 is 14.4 Å². The van der Waals surface area contributed by atoms with Crippen molar-refractivity contribution in [1.29, 1.82) is 0 Å². The maximum atomic E-state index is 12.7. The molecule has 0 unspecified atom stereocenters. The van der Waals surface area contributed by atoms with Crippen LogP contribution in [0.5, 0.6) is 0 Å². The van der Waals surface area contributed by atoms with Crippen LogP contribution in [0.4, 0.5) is 0 Å². The third kappa shape index (κ3) is 18.6. The van der Waals surface area contributed by atoms with E-state index in [1.807, 2.05) is 11.2 Å². The van der Waals surface area contributed by atoms with Gasteiger partial charge in [-0.05, 0) is 0 Å². The van der Waals surface area contributed by atoms with E-state index in [1.165, 1.54) is 0 Å². The fourth-order valence-electron chi connectivity index (χ4n) is 3.16. The van der Waals surface area contributed by atoms with Gasteiger partial charge in [-0.3, -0.25) is 0 Å². The molecule has 0 aromatic carbocycles. The van der Waals surface area contributed by atoms with Gasteiger partial charge in [-0.2, -0.15) is 0 Å². The molecule has 9 nitrogen and oxygen atoms in total. The van der Waals surface area contributed by atoms with E-state index in [4.69, 9.17) is 22.9 Å². The molecule has 0 rings (SSSR count). The minimum absolute atomic E-state index is 0.0127. The fourth-order valence-corrected chi connectivity index (χ4v) is 5.32. The molecule has 0 aromatic heterocycles. The van der Waals surface area contributed by atoms with Gasteiger partial charge < -0.3 is 0 Å². The third-order valence-corrected chi connectivity index (χ3v) is 7.72. The molecule has 3 amide bonds. The van der Waals surface area contributed by atoms with Gasteiger partial charge in [0.15, 0.2) is 0 Å². The van der Waals surface area contributed by atoms with E-state index in [0.29, 0.717) is 63.7 Å². The zero-order chi connectivity index (χ0) is 27.7. The van der Waals surface area contributed by atoms with Crippen molar-refractivity contribution in [3.8, 4) is 0 Å². The first kappa shape index (κ1) is 35.8. The number of carbonyl (C=O) groups excluding carboxylic acids is 3. The van der Waals surface area contributed by atoms with E-state index in [0.717, 1.165) is 23.7 Å². The van der Waals surface area contributed by atoms with Crippen molar-refractivity contribution >= 4 is 75.9 Å². The molecule has 0 spiro atoms. The zero-order valence-electron chi connectivity index (χ0n) is 22.0. The second-order valence-corrected chi connectivity index (χ2v) is 11.2. The third-order valence-electron chi connectivity index (χ3n) is 5.11. The van der Waals surface area contributed by atoms with Crippen LogP contribution >= 0.6 is 35.3 Å². The Bertz CT molecular complexity index is 724. The molecule has 0 fully saturated rings. The van der Waals surface area contributed by atoms with Crippen LogP contribution in [0.2, 0.25) is 0 Å². The molecule has 0 N–H and O–H groups in total. The SMILES string of the molecule is [B]=NCCN(CCSCCCN(CCSC)C(=O)CN=[B])C(=O)CCSCCN(CC=C)C(=O)CN=[B]. The van der Waals surface area contributed by atoms with Gasteiger partial charge in [-0.1, -0.05) is 0 Å². The van der Waals surface area contributed by atoms with Crippen LogP contribution in [0, 0.1) is 0 Å². The first-order valence-corrected chi connectivity index (χ1v) is 15.8. The predicted octanol–water partition coefficient (Wildman–Crippen LogP) is 1.32. The molecule has 201 valence electrons. The van der Waals surface area contributed by atoms with Gasteiger partial charge in [0.05, 0.1) is 0 Å². The van der Waals surface area contributed by atoms with Crippen LogP contribution in [0.3, 0.4) is 0 Å². The molecule has 15 heteroatoms. The second-order valence-electron chi connectivity index (χ2n) is 7.80. The van der Waals surface area contributed by atoms with Crippen LogP contribution in [0.15, 0.2) is 27.3 Å². The Balaban J connectivity index is 4.37. The Morgan fingerprint density at radius 3 is 1.89 bits per heavy atom. The van der Waals surface area contributed by atoms with Crippen molar-refractivity contribution in [3.05, 3.63) is 12.7 Å². The van der Waals surface area contributed by atoms with Gasteiger partial charge in [-0.25, -0.2) is 0 Å². The standard InChI is InChI=1S/C22H38B3N6O3S3/c1-3-7-29(21(33)18-27-24)11-17-37-14-5-20(32)31(9-6-26-23)12-16-36-13-4-8-30(10-15-35-2)22(34)19-28-25/h3H,1,4-19H2,2H3. The molecule has 0 atom stereocenters. The topological polar surface area (TPSA) is 98.0 Å². The summed E-state index contributed by atoms with van der Waals surface area (Å²) in [4.78, 5) is 52.6. The minimum atomic E-state index is -0.140. The molecule has 0 aromatic rings. The first-order valence-electron chi connectivity index (χ1n) is 12.1. The molecule has 0 heterocycles. The van der Waals surface area contributed by atoms with Crippen LogP contribution < -0.4 is 0 Å². The zero-order valence-corrected chi connectivity index (χ0v) is 24.4. The van der Waals surface area contributed by atoms with Crippen LogP contribution in [-0.2, 0) is 14.4 Å². The molecule has 0 bridgehead atoms. The number of rotatable bonds is 25. The number of carbonyl (C=O) groups is 3. The summed E-state index contributed by atoms with van der Waals surface area (Å²) in [6.07, 6.45) is 4.95. The van der Waals surface area contributed by atoms with E-state index >= 15 is 0 Å². The van der Waals surface area contributed by atoms with Gasteiger partial charge in [0.25, 0.3) is 0 Å². The summed E-state index contributed by atoms with van der Waals surface area (Å²) in [7, 11) is 15.6. The van der Waals surface area contributed by atoms with Crippen molar-refractivity contribution in [2.24, 2.45) is 14.7 Å². The average Bonchev–Trinajstić information content (AvgIpc) is 2.88. The molecular weight excluding hydrogens is 525 g/mol. The molecule has 0 saturated carbocycles. The van der Waals surface area contributed by atoms with Gasteiger partial charge >= 0.3 is 239 Å². The van der Waals surface area contributed by atoms with Crippen molar-refractivity contribution in [2.75, 3.05) is 93.9 Å². The van der Waals surface area contributed by atoms with Crippen LogP contribution in [-0.4, -0.2) is 149 Å². The number of nitrogens with zero attached hydrogens (tertiary/aromatic N) is 6. The molecule has 0 saturated heterocycles. The number of hydrogen-bond acceptors (Lipinski definition) is 9. The summed E-state index contributed by atoms with van der Waals surface area (Å²) in [5.74, 6) is 3.81. The summed E-state index contributed by atoms with van der Waals surface area (Å²) in [6, 6.07) is 0. The Morgan fingerprint density at radius 1 is 0.730 bits per heavy atom. The summed E-state index contributed by atoms with van der Waals surface area (Å²) >= 11 is 5.07. The van der Waals surface area contributed by atoms with Gasteiger partial charge in [0.1, 0.15) is 0 Å². The van der Waals surface area contributed by atoms with Crippen molar-refractivity contribution in [1.82, 2.24) is 14.7 Å². The molecule has 37 heavy (non-hydrogen) atoms. The maximum absolute atomic E-state index is 12.7. The predicted molar refractivity (Wildman–Crippen MR) is 161 cm³/mol.